The monoisotopic (exact) mass is 244 g/mol. The molecule has 0 aromatic carbocycles. The number of Topliss-reactive ketones (excluding diaryl/α,β-unsaturated/α-hetero) is 1. The van der Waals surface area contributed by atoms with E-state index in [1.165, 1.54) is 25.7 Å². The van der Waals surface area contributed by atoms with Crippen molar-refractivity contribution >= 4 is 11.6 Å². The molecule has 0 unspecified atom stereocenters. The first-order valence-corrected chi connectivity index (χ1v) is 6.94. The highest BCUT2D eigenvalue weighted by Crippen LogP contribution is 2.35. The van der Waals surface area contributed by atoms with E-state index in [1.807, 2.05) is 6.07 Å². The Morgan fingerprint density at radius 3 is 2.39 bits per heavy atom. The number of ketones is 1. The van der Waals surface area contributed by atoms with E-state index >= 15 is 0 Å². The van der Waals surface area contributed by atoms with Crippen LogP contribution in [0.2, 0.25) is 0 Å². The number of nitrogens with zero attached hydrogens (tertiary/aromatic N) is 2. The van der Waals surface area contributed by atoms with Gasteiger partial charge in [-0.15, -0.1) is 0 Å². The van der Waals surface area contributed by atoms with Crippen LogP contribution in [0.1, 0.15) is 43.0 Å². The highest BCUT2D eigenvalue weighted by Gasteiger charge is 2.29. The lowest BCUT2D eigenvalue weighted by molar-refractivity contribution is 0.101. The molecule has 1 aromatic rings. The zero-order chi connectivity index (χ0) is 12.5. The first-order chi connectivity index (χ1) is 8.72. The molecule has 2 aliphatic rings. The molecule has 3 rings (SSSR count). The molecule has 96 valence electrons. The normalized spacial score (nSPS) is 18.7. The Morgan fingerprint density at radius 2 is 1.89 bits per heavy atom. The Kier molecular flexibility index (Phi) is 3.06. The molecule has 0 spiro atoms. The van der Waals surface area contributed by atoms with Gasteiger partial charge in [-0.3, -0.25) is 4.79 Å². The molecule has 18 heavy (non-hydrogen) atoms. The van der Waals surface area contributed by atoms with Gasteiger partial charge in [0, 0.05) is 24.8 Å². The third kappa shape index (κ3) is 2.89. The summed E-state index contributed by atoms with van der Waals surface area (Å²) in [5.74, 6) is 2.82. The van der Waals surface area contributed by atoms with E-state index in [1.54, 1.807) is 19.2 Å². The fraction of sp³-hybridized carbons (Fsp3) is 0.600. The molecule has 3 nitrogen and oxygen atoms in total. The summed E-state index contributed by atoms with van der Waals surface area (Å²) in [5.41, 5.74) is 0.775. The van der Waals surface area contributed by atoms with Crippen LogP contribution in [0, 0.1) is 11.8 Å². The van der Waals surface area contributed by atoms with Gasteiger partial charge in [-0.1, -0.05) is 0 Å². The molecule has 2 aliphatic carbocycles. The van der Waals surface area contributed by atoms with E-state index in [0.717, 1.165) is 36.3 Å². The SMILES string of the molecule is CC(=O)c1ccnc(N(CC2CC2)CC2CC2)c1. The first kappa shape index (κ1) is 11.7. The maximum atomic E-state index is 11.4. The van der Waals surface area contributed by atoms with Gasteiger partial charge in [0.05, 0.1) is 0 Å². The van der Waals surface area contributed by atoms with Crippen LogP contribution in [0.3, 0.4) is 0 Å². The lowest BCUT2D eigenvalue weighted by Gasteiger charge is -2.24. The largest absolute Gasteiger partial charge is 0.356 e. The molecule has 0 atom stereocenters. The molecule has 3 heteroatoms. The van der Waals surface area contributed by atoms with Crippen molar-refractivity contribution in [2.45, 2.75) is 32.6 Å². The van der Waals surface area contributed by atoms with Gasteiger partial charge in [0.15, 0.2) is 5.78 Å². The highest BCUT2D eigenvalue weighted by atomic mass is 16.1. The van der Waals surface area contributed by atoms with Crippen molar-refractivity contribution in [3.63, 3.8) is 0 Å². The van der Waals surface area contributed by atoms with Crippen molar-refractivity contribution in [2.24, 2.45) is 11.8 Å². The second-order valence-electron chi connectivity index (χ2n) is 5.75. The van der Waals surface area contributed by atoms with Crippen molar-refractivity contribution in [3.8, 4) is 0 Å². The van der Waals surface area contributed by atoms with Crippen LogP contribution in [-0.2, 0) is 0 Å². The minimum absolute atomic E-state index is 0.122. The zero-order valence-corrected chi connectivity index (χ0v) is 10.9. The van der Waals surface area contributed by atoms with Crippen molar-refractivity contribution in [1.82, 2.24) is 4.98 Å². The minimum atomic E-state index is 0.122. The predicted octanol–water partition coefficient (Wildman–Crippen LogP) is 2.91. The van der Waals surface area contributed by atoms with E-state index < -0.39 is 0 Å². The Hall–Kier alpha value is -1.38. The molecular weight excluding hydrogens is 224 g/mol. The quantitative estimate of drug-likeness (QED) is 0.721. The molecule has 0 aliphatic heterocycles. The number of hydrogen-bond donors (Lipinski definition) is 0. The Morgan fingerprint density at radius 1 is 1.28 bits per heavy atom. The number of hydrogen-bond acceptors (Lipinski definition) is 3. The number of carbonyl (C=O) groups excluding carboxylic acids is 1. The minimum Gasteiger partial charge on any atom is -0.356 e. The van der Waals surface area contributed by atoms with Gasteiger partial charge in [0.25, 0.3) is 0 Å². The summed E-state index contributed by atoms with van der Waals surface area (Å²) in [6.07, 6.45) is 7.18. The van der Waals surface area contributed by atoms with E-state index in [4.69, 9.17) is 0 Å². The average Bonchev–Trinajstić information content (AvgIpc) is 3.23. The van der Waals surface area contributed by atoms with Crippen molar-refractivity contribution in [3.05, 3.63) is 23.9 Å². The first-order valence-electron chi connectivity index (χ1n) is 6.94. The summed E-state index contributed by atoms with van der Waals surface area (Å²) in [7, 11) is 0. The molecular formula is C15H20N2O. The van der Waals surface area contributed by atoms with Gasteiger partial charge in [0.2, 0.25) is 0 Å². The maximum absolute atomic E-state index is 11.4. The number of rotatable bonds is 6. The van der Waals surface area contributed by atoms with Crippen molar-refractivity contribution in [1.29, 1.82) is 0 Å². The predicted molar refractivity (Wildman–Crippen MR) is 71.9 cm³/mol. The summed E-state index contributed by atoms with van der Waals surface area (Å²) >= 11 is 0. The van der Waals surface area contributed by atoms with Crippen molar-refractivity contribution < 1.29 is 4.79 Å². The van der Waals surface area contributed by atoms with Crippen LogP contribution in [0.25, 0.3) is 0 Å². The topological polar surface area (TPSA) is 33.2 Å². The second kappa shape index (κ2) is 4.71. The van der Waals surface area contributed by atoms with Crippen LogP contribution in [0.4, 0.5) is 5.82 Å². The molecule has 0 radical (unpaired) electrons. The molecule has 0 bridgehead atoms. The Bertz CT molecular complexity index is 436. The number of aromatic nitrogens is 1. The van der Waals surface area contributed by atoms with Gasteiger partial charge in [0.1, 0.15) is 5.82 Å². The third-order valence-electron chi connectivity index (χ3n) is 3.83. The highest BCUT2D eigenvalue weighted by molar-refractivity contribution is 5.94. The molecule has 2 fully saturated rings. The molecule has 0 N–H and O–H groups in total. The smallest absolute Gasteiger partial charge is 0.159 e. The van der Waals surface area contributed by atoms with E-state index in [0.29, 0.717) is 0 Å². The van der Waals surface area contributed by atoms with Gasteiger partial charge < -0.3 is 4.90 Å². The van der Waals surface area contributed by atoms with Gasteiger partial charge in [-0.2, -0.15) is 0 Å². The van der Waals surface area contributed by atoms with Gasteiger partial charge in [-0.05, 0) is 56.6 Å². The summed E-state index contributed by atoms with van der Waals surface area (Å²) < 4.78 is 0. The van der Waals surface area contributed by atoms with Crippen LogP contribution < -0.4 is 4.90 Å². The number of carbonyl (C=O) groups is 1. The number of pyridine rings is 1. The second-order valence-corrected chi connectivity index (χ2v) is 5.75. The summed E-state index contributed by atoms with van der Waals surface area (Å²) in [6.45, 7) is 3.85. The lowest BCUT2D eigenvalue weighted by atomic mass is 10.2. The summed E-state index contributed by atoms with van der Waals surface area (Å²) in [4.78, 5) is 18.3. The van der Waals surface area contributed by atoms with E-state index in [-0.39, 0.29) is 5.78 Å². The third-order valence-corrected chi connectivity index (χ3v) is 3.83. The van der Waals surface area contributed by atoms with Crippen LogP contribution in [0.15, 0.2) is 18.3 Å². The van der Waals surface area contributed by atoms with Crippen LogP contribution >= 0.6 is 0 Å². The molecule has 1 aromatic heterocycles. The van der Waals surface area contributed by atoms with Crippen molar-refractivity contribution in [2.75, 3.05) is 18.0 Å². The molecule has 1 heterocycles. The van der Waals surface area contributed by atoms with E-state index in [2.05, 4.69) is 9.88 Å². The van der Waals surface area contributed by atoms with Crippen LogP contribution in [-0.4, -0.2) is 23.9 Å². The standard InChI is InChI=1S/C15H20N2O/c1-11(18)14-6-7-16-15(8-14)17(9-12-2-3-12)10-13-4-5-13/h6-8,12-13H,2-5,9-10H2,1H3. The molecule has 0 saturated heterocycles. The molecule has 2 saturated carbocycles. The lowest BCUT2D eigenvalue weighted by Crippen LogP contribution is -2.29. The Labute approximate surface area is 108 Å². The molecule has 0 amide bonds. The van der Waals surface area contributed by atoms with Crippen LogP contribution in [0.5, 0.6) is 0 Å². The summed E-state index contributed by atoms with van der Waals surface area (Å²) in [5, 5.41) is 0. The van der Waals surface area contributed by atoms with Gasteiger partial charge in [-0.25, -0.2) is 4.98 Å². The Balaban J connectivity index is 1.77. The fourth-order valence-corrected chi connectivity index (χ4v) is 2.30. The maximum Gasteiger partial charge on any atom is 0.159 e. The zero-order valence-electron chi connectivity index (χ0n) is 10.9. The average molecular weight is 244 g/mol. The summed E-state index contributed by atoms with van der Waals surface area (Å²) in [6, 6.07) is 3.76. The number of anilines is 1. The van der Waals surface area contributed by atoms with Gasteiger partial charge >= 0.3 is 0 Å². The fourth-order valence-electron chi connectivity index (χ4n) is 2.30. The van der Waals surface area contributed by atoms with E-state index in [9.17, 15) is 4.79 Å².